The van der Waals surface area contributed by atoms with Crippen LogP contribution in [0.25, 0.3) is 11.0 Å². The highest BCUT2D eigenvalue weighted by molar-refractivity contribution is 5.78. The van der Waals surface area contributed by atoms with E-state index >= 15 is 0 Å². The Bertz CT molecular complexity index is 613. The van der Waals surface area contributed by atoms with Crippen molar-refractivity contribution in [1.29, 1.82) is 0 Å². The number of aromatic nitrogens is 2. The van der Waals surface area contributed by atoms with Gasteiger partial charge in [0.05, 0.1) is 17.6 Å². The van der Waals surface area contributed by atoms with Gasteiger partial charge in [0.25, 0.3) is 0 Å². The summed E-state index contributed by atoms with van der Waals surface area (Å²) in [5.41, 5.74) is 8.38. The molecule has 5 nitrogen and oxygen atoms in total. The molecule has 0 spiro atoms. The molecule has 5 heteroatoms. The molecule has 0 atom stereocenters. The van der Waals surface area contributed by atoms with Crippen molar-refractivity contribution in [2.45, 2.75) is 38.1 Å². The first-order chi connectivity index (χ1) is 9.76. The summed E-state index contributed by atoms with van der Waals surface area (Å²) in [6, 6.07) is 6.06. The standard InChI is InChI=1S/C15H20N4O/c16-8-14(20)17-9-10-5-6-12-13(7-10)19-15(18-12)11-3-1-2-4-11/h5-7,11H,1-4,8-9,16H2,(H,17,20)(H,18,19). The normalized spacial score (nSPS) is 15.8. The van der Waals surface area contributed by atoms with E-state index in [1.54, 1.807) is 0 Å². The van der Waals surface area contributed by atoms with E-state index in [-0.39, 0.29) is 12.5 Å². The maximum Gasteiger partial charge on any atom is 0.234 e. The van der Waals surface area contributed by atoms with Gasteiger partial charge >= 0.3 is 0 Å². The maximum absolute atomic E-state index is 11.2. The van der Waals surface area contributed by atoms with E-state index in [4.69, 9.17) is 5.73 Å². The number of nitrogens with zero attached hydrogens (tertiary/aromatic N) is 1. The molecule has 0 radical (unpaired) electrons. The minimum absolute atomic E-state index is 0.0259. The highest BCUT2D eigenvalue weighted by atomic mass is 16.1. The van der Waals surface area contributed by atoms with Crippen LogP contribution in [0.15, 0.2) is 18.2 Å². The summed E-state index contributed by atoms with van der Waals surface area (Å²) in [6.07, 6.45) is 5.08. The molecule has 1 fully saturated rings. The van der Waals surface area contributed by atoms with Crippen LogP contribution in [-0.4, -0.2) is 22.4 Å². The van der Waals surface area contributed by atoms with E-state index in [9.17, 15) is 4.79 Å². The van der Waals surface area contributed by atoms with Gasteiger partial charge in [0.1, 0.15) is 5.82 Å². The molecule has 0 saturated heterocycles. The number of H-pyrrole nitrogens is 1. The molecule has 0 unspecified atom stereocenters. The number of carbonyl (C=O) groups is 1. The molecule has 4 N–H and O–H groups in total. The fraction of sp³-hybridized carbons (Fsp3) is 0.467. The number of nitrogens with one attached hydrogen (secondary N) is 2. The van der Waals surface area contributed by atoms with E-state index in [0.29, 0.717) is 12.5 Å². The molecule has 0 aliphatic heterocycles. The van der Waals surface area contributed by atoms with Crippen LogP contribution in [0.1, 0.15) is 43.0 Å². The Morgan fingerprint density at radius 3 is 2.95 bits per heavy atom. The summed E-state index contributed by atoms with van der Waals surface area (Å²) in [6.45, 7) is 0.530. The van der Waals surface area contributed by atoms with Crippen molar-refractivity contribution in [2.24, 2.45) is 5.73 Å². The van der Waals surface area contributed by atoms with Gasteiger partial charge in [-0.25, -0.2) is 4.98 Å². The lowest BCUT2D eigenvalue weighted by molar-refractivity contribution is -0.119. The Kier molecular flexibility index (Phi) is 3.69. The third-order valence-corrected chi connectivity index (χ3v) is 3.98. The van der Waals surface area contributed by atoms with E-state index in [2.05, 4.69) is 21.4 Å². The topological polar surface area (TPSA) is 83.8 Å². The fourth-order valence-corrected chi connectivity index (χ4v) is 2.85. The predicted octanol–water partition coefficient (Wildman–Crippen LogP) is 1.80. The van der Waals surface area contributed by atoms with Crippen LogP contribution < -0.4 is 11.1 Å². The van der Waals surface area contributed by atoms with Crippen LogP contribution >= 0.6 is 0 Å². The summed E-state index contributed by atoms with van der Waals surface area (Å²) in [4.78, 5) is 19.3. The number of hydrogen-bond acceptors (Lipinski definition) is 3. The average molecular weight is 272 g/mol. The predicted molar refractivity (Wildman–Crippen MR) is 78.2 cm³/mol. The average Bonchev–Trinajstić information content (AvgIpc) is 3.12. The molecule has 1 saturated carbocycles. The van der Waals surface area contributed by atoms with Gasteiger partial charge in [0, 0.05) is 12.5 Å². The monoisotopic (exact) mass is 272 g/mol. The van der Waals surface area contributed by atoms with Gasteiger partial charge in [0.15, 0.2) is 0 Å². The number of imidazole rings is 1. The van der Waals surface area contributed by atoms with Gasteiger partial charge in [-0.05, 0) is 30.5 Å². The molecule has 1 heterocycles. The van der Waals surface area contributed by atoms with Crippen LogP contribution in [0.5, 0.6) is 0 Å². The van der Waals surface area contributed by atoms with Crippen LogP contribution in [0.3, 0.4) is 0 Å². The first-order valence-corrected chi connectivity index (χ1v) is 7.21. The molecule has 1 aliphatic carbocycles. The second-order valence-corrected chi connectivity index (χ2v) is 5.44. The third kappa shape index (κ3) is 2.67. The molecule has 1 amide bonds. The number of fused-ring (bicyclic) bond motifs is 1. The Balaban J connectivity index is 1.78. The lowest BCUT2D eigenvalue weighted by Crippen LogP contribution is -2.29. The minimum atomic E-state index is -0.138. The second kappa shape index (κ2) is 5.63. The molecule has 3 rings (SSSR count). The van der Waals surface area contributed by atoms with Crippen molar-refractivity contribution in [3.05, 3.63) is 29.6 Å². The van der Waals surface area contributed by atoms with Crippen LogP contribution in [0.2, 0.25) is 0 Å². The van der Waals surface area contributed by atoms with Crippen LogP contribution in [0.4, 0.5) is 0 Å². The lowest BCUT2D eigenvalue weighted by Gasteiger charge is -2.03. The van der Waals surface area contributed by atoms with Crippen LogP contribution in [0, 0.1) is 0 Å². The number of hydrogen-bond donors (Lipinski definition) is 3. The summed E-state index contributed by atoms with van der Waals surface area (Å²) in [5.74, 6) is 1.56. The van der Waals surface area contributed by atoms with Crippen molar-refractivity contribution >= 4 is 16.9 Å². The largest absolute Gasteiger partial charge is 0.351 e. The highest BCUT2D eigenvalue weighted by Crippen LogP contribution is 2.33. The van der Waals surface area contributed by atoms with Gasteiger partial charge in [-0.2, -0.15) is 0 Å². The zero-order valence-electron chi connectivity index (χ0n) is 11.5. The van der Waals surface area contributed by atoms with Crippen molar-refractivity contribution in [2.75, 3.05) is 6.54 Å². The van der Waals surface area contributed by atoms with Crippen molar-refractivity contribution in [3.63, 3.8) is 0 Å². The summed E-state index contributed by atoms with van der Waals surface area (Å²) < 4.78 is 0. The number of aromatic amines is 1. The van der Waals surface area contributed by atoms with Gasteiger partial charge in [-0.1, -0.05) is 18.9 Å². The highest BCUT2D eigenvalue weighted by Gasteiger charge is 2.20. The maximum atomic E-state index is 11.2. The molecular formula is C15H20N4O. The summed E-state index contributed by atoms with van der Waals surface area (Å²) in [7, 11) is 0. The zero-order chi connectivity index (χ0) is 13.9. The fourth-order valence-electron chi connectivity index (χ4n) is 2.85. The Morgan fingerprint density at radius 2 is 2.20 bits per heavy atom. The van der Waals surface area contributed by atoms with Gasteiger partial charge in [0.2, 0.25) is 5.91 Å². The number of nitrogens with two attached hydrogens (primary N) is 1. The van der Waals surface area contributed by atoms with E-state index < -0.39 is 0 Å². The molecule has 0 bridgehead atoms. The molecule has 1 aliphatic rings. The quantitative estimate of drug-likeness (QED) is 0.793. The third-order valence-electron chi connectivity index (χ3n) is 3.98. The Morgan fingerprint density at radius 1 is 1.40 bits per heavy atom. The summed E-state index contributed by atoms with van der Waals surface area (Å²) >= 11 is 0. The smallest absolute Gasteiger partial charge is 0.234 e. The Hall–Kier alpha value is -1.88. The minimum Gasteiger partial charge on any atom is -0.351 e. The van der Waals surface area contributed by atoms with Crippen molar-refractivity contribution in [1.82, 2.24) is 15.3 Å². The van der Waals surface area contributed by atoms with Crippen molar-refractivity contribution in [3.8, 4) is 0 Å². The van der Waals surface area contributed by atoms with Gasteiger partial charge in [-0.3, -0.25) is 4.79 Å². The number of rotatable bonds is 4. The van der Waals surface area contributed by atoms with E-state index in [1.165, 1.54) is 25.7 Å². The second-order valence-electron chi connectivity index (χ2n) is 5.44. The molecular weight excluding hydrogens is 252 g/mol. The summed E-state index contributed by atoms with van der Waals surface area (Å²) in [5, 5.41) is 2.78. The number of carbonyl (C=O) groups excluding carboxylic acids is 1. The first-order valence-electron chi connectivity index (χ1n) is 7.21. The zero-order valence-corrected chi connectivity index (χ0v) is 11.5. The SMILES string of the molecule is NCC(=O)NCc1ccc2nc(C3CCCC3)[nH]c2c1. The Labute approximate surface area is 118 Å². The first kappa shape index (κ1) is 13.1. The molecule has 2 aromatic rings. The van der Waals surface area contributed by atoms with Gasteiger partial charge in [-0.15, -0.1) is 0 Å². The lowest BCUT2D eigenvalue weighted by atomic mass is 10.1. The van der Waals surface area contributed by atoms with Gasteiger partial charge < -0.3 is 16.0 Å². The molecule has 20 heavy (non-hydrogen) atoms. The van der Waals surface area contributed by atoms with E-state index in [1.807, 2.05) is 12.1 Å². The van der Waals surface area contributed by atoms with E-state index in [0.717, 1.165) is 22.4 Å². The molecule has 1 aromatic carbocycles. The number of amides is 1. The number of benzene rings is 1. The molecule has 106 valence electrons. The van der Waals surface area contributed by atoms with Crippen molar-refractivity contribution < 1.29 is 4.79 Å². The van der Waals surface area contributed by atoms with Crippen LogP contribution in [-0.2, 0) is 11.3 Å². The molecule has 1 aromatic heterocycles.